The molecule has 4 rings (SSSR count). The van der Waals surface area contributed by atoms with Crippen LogP contribution in [0.5, 0.6) is 0 Å². The van der Waals surface area contributed by atoms with Gasteiger partial charge in [-0.2, -0.15) is 5.10 Å². The van der Waals surface area contributed by atoms with Gasteiger partial charge in [0, 0.05) is 50.9 Å². The third-order valence-corrected chi connectivity index (χ3v) is 5.44. The topological polar surface area (TPSA) is 59.4 Å². The van der Waals surface area contributed by atoms with Crippen LogP contribution in [0.25, 0.3) is 0 Å². The molecule has 3 fully saturated rings. The van der Waals surface area contributed by atoms with E-state index in [-0.39, 0.29) is 17.9 Å². The van der Waals surface area contributed by atoms with Crippen LogP contribution in [0.15, 0.2) is 6.20 Å². The van der Waals surface area contributed by atoms with Gasteiger partial charge < -0.3 is 10.1 Å². The summed E-state index contributed by atoms with van der Waals surface area (Å²) >= 11 is 0. The minimum absolute atomic E-state index is 0.0227. The standard InChI is InChI=1S/C17H26N4O2/c1-11-7-21(13-3-4-13)9-15(11)18-17(22)14-8-20(2)19-16(14)12-5-6-23-10-12/h8,11-13,15H,3-7,9-10H2,1-2H3,(H,18,22)/t11-,12-,15+/m1/s1. The first-order valence-corrected chi connectivity index (χ1v) is 8.78. The van der Waals surface area contributed by atoms with Crippen LogP contribution in [0.4, 0.5) is 0 Å². The summed E-state index contributed by atoms with van der Waals surface area (Å²) in [7, 11) is 1.88. The molecule has 23 heavy (non-hydrogen) atoms. The lowest BCUT2D eigenvalue weighted by atomic mass is 10.00. The molecule has 6 heteroatoms. The van der Waals surface area contributed by atoms with E-state index in [0.29, 0.717) is 12.5 Å². The molecular weight excluding hydrogens is 292 g/mol. The summed E-state index contributed by atoms with van der Waals surface area (Å²) in [6.45, 7) is 5.76. The van der Waals surface area contributed by atoms with Crippen LogP contribution >= 0.6 is 0 Å². The maximum atomic E-state index is 12.8. The van der Waals surface area contributed by atoms with Gasteiger partial charge in [-0.15, -0.1) is 0 Å². The Morgan fingerprint density at radius 1 is 1.35 bits per heavy atom. The fraction of sp³-hybridized carbons (Fsp3) is 0.765. The van der Waals surface area contributed by atoms with E-state index in [1.54, 1.807) is 4.68 Å². The van der Waals surface area contributed by atoms with Gasteiger partial charge in [0.05, 0.1) is 17.9 Å². The summed E-state index contributed by atoms with van der Waals surface area (Å²) in [5.74, 6) is 0.782. The highest BCUT2D eigenvalue weighted by Gasteiger charge is 2.39. The van der Waals surface area contributed by atoms with Gasteiger partial charge in [0.15, 0.2) is 0 Å². The number of hydrogen-bond donors (Lipinski definition) is 1. The van der Waals surface area contributed by atoms with E-state index in [2.05, 4.69) is 22.2 Å². The molecule has 0 spiro atoms. The molecule has 3 atom stereocenters. The Morgan fingerprint density at radius 2 is 2.17 bits per heavy atom. The number of aromatic nitrogens is 2. The zero-order chi connectivity index (χ0) is 16.0. The largest absolute Gasteiger partial charge is 0.381 e. The van der Waals surface area contributed by atoms with Crippen molar-refractivity contribution in [2.45, 2.75) is 44.2 Å². The first-order valence-electron chi connectivity index (χ1n) is 8.78. The molecule has 0 bridgehead atoms. The number of rotatable bonds is 4. The van der Waals surface area contributed by atoms with E-state index in [1.807, 2.05) is 13.2 Å². The number of nitrogens with one attached hydrogen (secondary N) is 1. The van der Waals surface area contributed by atoms with E-state index in [9.17, 15) is 4.79 Å². The molecule has 2 saturated heterocycles. The van der Waals surface area contributed by atoms with Crippen molar-refractivity contribution in [1.82, 2.24) is 20.0 Å². The molecular formula is C17H26N4O2. The average Bonchev–Trinajstić information content (AvgIpc) is 2.93. The zero-order valence-electron chi connectivity index (χ0n) is 14.0. The van der Waals surface area contributed by atoms with E-state index in [4.69, 9.17) is 4.74 Å². The third kappa shape index (κ3) is 3.02. The molecule has 6 nitrogen and oxygen atoms in total. The first kappa shape index (κ1) is 15.1. The zero-order valence-corrected chi connectivity index (χ0v) is 14.0. The number of carbonyl (C=O) groups is 1. The lowest BCUT2D eigenvalue weighted by Gasteiger charge is -2.17. The summed E-state index contributed by atoms with van der Waals surface area (Å²) in [4.78, 5) is 15.3. The van der Waals surface area contributed by atoms with Crippen molar-refractivity contribution < 1.29 is 9.53 Å². The number of hydrogen-bond acceptors (Lipinski definition) is 4. The number of nitrogens with zero attached hydrogens (tertiary/aromatic N) is 3. The normalized spacial score (nSPS) is 31.7. The smallest absolute Gasteiger partial charge is 0.255 e. The fourth-order valence-electron chi connectivity index (χ4n) is 3.91. The number of carbonyl (C=O) groups excluding carboxylic acids is 1. The number of likely N-dealkylation sites (tertiary alicyclic amines) is 1. The number of aryl methyl sites for hydroxylation is 1. The highest BCUT2D eigenvalue weighted by molar-refractivity contribution is 5.95. The predicted molar refractivity (Wildman–Crippen MR) is 86.4 cm³/mol. The molecule has 1 aromatic rings. The SMILES string of the molecule is C[C@@H]1CN(C2CC2)C[C@@H]1NC(=O)c1cn(C)nc1[C@@H]1CCOC1. The van der Waals surface area contributed by atoms with Gasteiger partial charge in [0.1, 0.15) is 0 Å². The highest BCUT2D eigenvalue weighted by atomic mass is 16.5. The Balaban J connectivity index is 1.46. The Bertz CT molecular complexity index is 589. The van der Waals surface area contributed by atoms with Crippen molar-refractivity contribution in [2.75, 3.05) is 26.3 Å². The molecule has 0 unspecified atom stereocenters. The molecule has 3 heterocycles. The van der Waals surface area contributed by atoms with Crippen molar-refractivity contribution in [2.24, 2.45) is 13.0 Å². The quantitative estimate of drug-likeness (QED) is 0.904. The summed E-state index contributed by atoms with van der Waals surface area (Å²) in [6, 6.07) is 1.01. The van der Waals surface area contributed by atoms with E-state index < -0.39 is 0 Å². The van der Waals surface area contributed by atoms with Gasteiger partial charge >= 0.3 is 0 Å². The summed E-state index contributed by atoms with van der Waals surface area (Å²) < 4.78 is 7.21. The molecule has 1 aromatic heterocycles. The van der Waals surface area contributed by atoms with Crippen molar-refractivity contribution in [3.63, 3.8) is 0 Å². The molecule has 1 N–H and O–H groups in total. The molecule has 1 aliphatic carbocycles. The van der Waals surface area contributed by atoms with Gasteiger partial charge in [0.25, 0.3) is 5.91 Å². The van der Waals surface area contributed by atoms with Gasteiger partial charge in [-0.05, 0) is 25.2 Å². The second kappa shape index (κ2) is 5.91. The fourth-order valence-corrected chi connectivity index (χ4v) is 3.91. The van der Waals surface area contributed by atoms with E-state index >= 15 is 0 Å². The molecule has 126 valence electrons. The molecule has 0 radical (unpaired) electrons. The average molecular weight is 318 g/mol. The van der Waals surface area contributed by atoms with Crippen LogP contribution in [0.2, 0.25) is 0 Å². The van der Waals surface area contributed by atoms with Crippen LogP contribution in [-0.2, 0) is 11.8 Å². The van der Waals surface area contributed by atoms with Crippen molar-refractivity contribution in [1.29, 1.82) is 0 Å². The Labute approximate surface area is 137 Å². The lowest BCUT2D eigenvalue weighted by Crippen LogP contribution is -2.40. The van der Waals surface area contributed by atoms with Crippen LogP contribution < -0.4 is 5.32 Å². The maximum absolute atomic E-state index is 12.8. The molecule has 0 aromatic carbocycles. The summed E-state index contributed by atoms with van der Waals surface area (Å²) in [5.41, 5.74) is 1.62. The Hall–Kier alpha value is -1.40. The van der Waals surface area contributed by atoms with Crippen molar-refractivity contribution in [3.05, 3.63) is 17.5 Å². The Morgan fingerprint density at radius 3 is 2.87 bits per heavy atom. The monoisotopic (exact) mass is 318 g/mol. The lowest BCUT2D eigenvalue weighted by molar-refractivity contribution is 0.0929. The molecule has 1 saturated carbocycles. The second-order valence-corrected chi connectivity index (χ2v) is 7.40. The highest BCUT2D eigenvalue weighted by Crippen LogP contribution is 2.32. The minimum atomic E-state index is 0.0227. The van der Waals surface area contributed by atoms with Gasteiger partial charge in [-0.3, -0.25) is 14.4 Å². The van der Waals surface area contributed by atoms with Crippen molar-refractivity contribution in [3.8, 4) is 0 Å². The molecule has 3 aliphatic rings. The van der Waals surface area contributed by atoms with Crippen molar-refractivity contribution >= 4 is 5.91 Å². The Kier molecular flexibility index (Phi) is 3.89. The van der Waals surface area contributed by atoms with Gasteiger partial charge in [-0.1, -0.05) is 6.92 Å². The molecule has 1 amide bonds. The van der Waals surface area contributed by atoms with Crippen LogP contribution in [0.1, 0.15) is 48.2 Å². The first-order chi connectivity index (χ1) is 11.1. The maximum Gasteiger partial charge on any atom is 0.255 e. The number of amides is 1. The summed E-state index contributed by atoms with van der Waals surface area (Å²) in [6.07, 6.45) is 5.44. The third-order valence-electron chi connectivity index (χ3n) is 5.44. The van der Waals surface area contributed by atoms with E-state index in [0.717, 1.165) is 43.4 Å². The molecule has 2 aliphatic heterocycles. The minimum Gasteiger partial charge on any atom is -0.381 e. The van der Waals surface area contributed by atoms with Gasteiger partial charge in [-0.25, -0.2) is 0 Å². The second-order valence-electron chi connectivity index (χ2n) is 7.40. The van der Waals surface area contributed by atoms with Crippen LogP contribution in [0, 0.1) is 5.92 Å². The van der Waals surface area contributed by atoms with Gasteiger partial charge in [0.2, 0.25) is 0 Å². The number of ether oxygens (including phenoxy) is 1. The predicted octanol–water partition coefficient (Wildman–Crippen LogP) is 1.14. The van der Waals surface area contributed by atoms with E-state index in [1.165, 1.54) is 12.8 Å². The van der Waals surface area contributed by atoms with Crippen LogP contribution in [-0.4, -0.2) is 59.0 Å². The van der Waals surface area contributed by atoms with Crippen LogP contribution in [0.3, 0.4) is 0 Å². The summed E-state index contributed by atoms with van der Waals surface area (Å²) in [5, 5.41) is 7.79.